The first-order valence-corrected chi connectivity index (χ1v) is 7.52. The number of hydrogen-bond acceptors (Lipinski definition) is 2. The maximum Gasteiger partial charge on any atom is 0.0331 e. The van der Waals surface area contributed by atoms with Gasteiger partial charge in [0.25, 0.3) is 0 Å². The van der Waals surface area contributed by atoms with Gasteiger partial charge >= 0.3 is 0 Å². The standard InChI is InChI=1S/C14H23NS/c1-3-11(4-2)10-15-13-6-5-7-14-12(13)8-9-16-14/h8-9,11,13,15H,3-7,10H2,1-2H3. The van der Waals surface area contributed by atoms with Gasteiger partial charge in [0, 0.05) is 10.9 Å². The number of nitrogens with one attached hydrogen (secondary N) is 1. The van der Waals surface area contributed by atoms with Gasteiger partial charge in [-0.15, -0.1) is 11.3 Å². The normalized spacial score (nSPS) is 20.1. The Hall–Kier alpha value is -0.340. The van der Waals surface area contributed by atoms with Crippen molar-refractivity contribution in [2.24, 2.45) is 5.92 Å². The van der Waals surface area contributed by atoms with E-state index in [1.54, 1.807) is 10.4 Å². The van der Waals surface area contributed by atoms with Crippen LogP contribution in [0.4, 0.5) is 0 Å². The molecule has 1 unspecified atom stereocenters. The molecule has 90 valence electrons. The molecule has 0 aliphatic heterocycles. The Balaban J connectivity index is 1.92. The molecule has 1 aromatic heterocycles. The van der Waals surface area contributed by atoms with Crippen LogP contribution >= 0.6 is 11.3 Å². The van der Waals surface area contributed by atoms with Crippen LogP contribution < -0.4 is 5.32 Å². The van der Waals surface area contributed by atoms with Gasteiger partial charge in [-0.3, -0.25) is 0 Å². The second kappa shape index (κ2) is 5.83. The van der Waals surface area contributed by atoms with Crippen molar-refractivity contribution in [1.29, 1.82) is 0 Å². The maximum atomic E-state index is 3.77. The third-order valence-electron chi connectivity index (χ3n) is 3.86. The van der Waals surface area contributed by atoms with Gasteiger partial charge in [-0.2, -0.15) is 0 Å². The second-order valence-corrected chi connectivity index (χ2v) is 5.84. The van der Waals surface area contributed by atoms with Crippen LogP contribution in [0, 0.1) is 5.92 Å². The van der Waals surface area contributed by atoms with Crippen LogP contribution in [0.1, 0.15) is 56.0 Å². The van der Waals surface area contributed by atoms with Crippen LogP contribution in [0.15, 0.2) is 11.4 Å². The predicted molar refractivity (Wildman–Crippen MR) is 72.1 cm³/mol. The van der Waals surface area contributed by atoms with E-state index in [-0.39, 0.29) is 0 Å². The van der Waals surface area contributed by atoms with Crippen LogP contribution in [0.3, 0.4) is 0 Å². The Morgan fingerprint density at radius 3 is 3.00 bits per heavy atom. The number of rotatable bonds is 5. The molecular formula is C14H23NS. The second-order valence-electron chi connectivity index (χ2n) is 4.83. The van der Waals surface area contributed by atoms with Crippen molar-refractivity contribution >= 4 is 11.3 Å². The molecule has 0 fully saturated rings. The van der Waals surface area contributed by atoms with E-state index in [4.69, 9.17) is 0 Å². The molecule has 0 saturated carbocycles. The Morgan fingerprint density at radius 1 is 1.44 bits per heavy atom. The van der Waals surface area contributed by atoms with E-state index in [0.717, 1.165) is 5.92 Å². The summed E-state index contributed by atoms with van der Waals surface area (Å²) in [5.41, 5.74) is 1.59. The summed E-state index contributed by atoms with van der Waals surface area (Å²) in [5.74, 6) is 0.851. The van der Waals surface area contributed by atoms with E-state index in [9.17, 15) is 0 Å². The van der Waals surface area contributed by atoms with Gasteiger partial charge in [-0.25, -0.2) is 0 Å². The van der Waals surface area contributed by atoms with Crippen LogP contribution in [-0.4, -0.2) is 6.54 Å². The third-order valence-corrected chi connectivity index (χ3v) is 4.86. The number of aryl methyl sites for hydroxylation is 1. The molecule has 0 aromatic carbocycles. The van der Waals surface area contributed by atoms with E-state index in [2.05, 4.69) is 30.6 Å². The summed E-state index contributed by atoms with van der Waals surface area (Å²) in [7, 11) is 0. The van der Waals surface area contributed by atoms with Crippen LogP contribution in [0.5, 0.6) is 0 Å². The lowest BCUT2D eigenvalue weighted by molar-refractivity contribution is 0.387. The fourth-order valence-corrected chi connectivity index (χ4v) is 3.57. The zero-order valence-corrected chi connectivity index (χ0v) is 11.3. The summed E-state index contributed by atoms with van der Waals surface area (Å²) in [6.07, 6.45) is 6.58. The van der Waals surface area contributed by atoms with Crippen molar-refractivity contribution < 1.29 is 0 Å². The number of thiophene rings is 1. The van der Waals surface area contributed by atoms with Crippen molar-refractivity contribution in [2.75, 3.05) is 6.54 Å². The van der Waals surface area contributed by atoms with E-state index in [1.165, 1.54) is 38.6 Å². The summed E-state index contributed by atoms with van der Waals surface area (Å²) in [4.78, 5) is 1.62. The molecule has 1 aliphatic rings. The van der Waals surface area contributed by atoms with Crippen LogP contribution in [-0.2, 0) is 6.42 Å². The van der Waals surface area contributed by atoms with Gasteiger partial charge < -0.3 is 5.32 Å². The molecule has 1 N–H and O–H groups in total. The van der Waals surface area contributed by atoms with Gasteiger partial charge in [0.2, 0.25) is 0 Å². The van der Waals surface area contributed by atoms with Gasteiger partial charge in [0.15, 0.2) is 0 Å². The minimum Gasteiger partial charge on any atom is -0.310 e. The van der Waals surface area contributed by atoms with Gasteiger partial charge in [-0.05, 0) is 48.7 Å². The highest BCUT2D eigenvalue weighted by Crippen LogP contribution is 2.33. The average molecular weight is 237 g/mol. The molecule has 0 amide bonds. The summed E-state index contributed by atoms with van der Waals surface area (Å²) in [5, 5.41) is 6.02. The molecule has 0 radical (unpaired) electrons. The quantitative estimate of drug-likeness (QED) is 0.811. The van der Waals surface area contributed by atoms with E-state index >= 15 is 0 Å². The summed E-state index contributed by atoms with van der Waals surface area (Å²) in [6, 6.07) is 2.96. The number of hydrogen-bond donors (Lipinski definition) is 1. The lowest BCUT2D eigenvalue weighted by Gasteiger charge is -2.25. The lowest BCUT2D eigenvalue weighted by Crippen LogP contribution is -2.29. The molecule has 0 spiro atoms. The summed E-state index contributed by atoms with van der Waals surface area (Å²) >= 11 is 1.93. The van der Waals surface area contributed by atoms with Crippen LogP contribution in [0.25, 0.3) is 0 Å². The van der Waals surface area contributed by atoms with E-state index < -0.39 is 0 Å². The molecule has 2 rings (SSSR count). The SMILES string of the molecule is CCC(CC)CNC1CCCc2sccc21. The Morgan fingerprint density at radius 2 is 2.25 bits per heavy atom. The Labute approximate surface area is 103 Å². The first kappa shape index (κ1) is 12.1. The largest absolute Gasteiger partial charge is 0.310 e. The predicted octanol–water partition coefficient (Wildman–Crippen LogP) is 4.15. The molecule has 1 aromatic rings. The molecule has 0 bridgehead atoms. The summed E-state index contributed by atoms with van der Waals surface area (Å²) in [6.45, 7) is 5.78. The zero-order chi connectivity index (χ0) is 11.4. The van der Waals surface area contributed by atoms with Gasteiger partial charge in [-0.1, -0.05) is 26.7 Å². The molecule has 2 heteroatoms. The van der Waals surface area contributed by atoms with Crippen molar-refractivity contribution in [1.82, 2.24) is 5.32 Å². The minimum atomic E-state index is 0.635. The first-order valence-electron chi connectivity index (χ1n) is 6.64. The first-order chi connectivity index (χ1) is 7.85. The molecule has 1 atom stereocenters. The molecular weight excluding hydrogens is 214 g/mol. The molecule has 16 heavy (non-hydrogen) atoms. The zero-order valence-electron chi connectivity index (χ0n) is 10.5. The van der Waals surface area contributed by atoms with Gasteiger partial charge in [0.1, 0.15) is 0 Å². The topological polar surface area (TPSA) is 12.0 Å². The van der Waals surface area contributed by atoms with E-state index in [0.29, 0.717) is 6.04 Å². The highest BCUT2D eigenvalue weighted by Gasteiger charge is 2.21. The third kappa shape index (κ3) is 2.67. The molecule has 1 nitrogen and oxygen atoms in total. The van der Waals surface area contributed by atoms with Crippen molar-refractivity contribution in [3.8, 4) is 0 Å². The van der Waals surface area contributed by atoms with Crippen molar-refractivity contribution in [3.05, 3.63) is 21.9 Å². The summed E-state index contributed by atoms with van der Waals surface area (Å²) < 4.78 is 0. The smallest absolute Gasteiger partial charge is 0.0331 e. The monoisotopic (exact) mass is 237 g/mol. The maximum absolute atomic E-state index is 3.77. The minimum absolute atomic E-state index is 0.635. The highest BCUT2D eigenvalue weighted by atomic mass is 32.1. The fourth-order valence-electron chi connectivity index (χ4n) is 2.58. The molecule has 0 saturated heterocycles. The van der Waals surface area contributed by atoms with Crippen molar-refractivity contribution in [2.45, 2.75) is 52.0 Å². The number of fused-ring (bicyclic) bond motifs is 1. The lowest BCUT2D eigenvalue weighted by atomic mass is 9.93. The fraction of sp³-hybridized carbons (Fsp3) is 0.714. The Bertz CT molecular complexity index is 314. The average Bonchev–Trinajstić information content (AvgIpc) is 2.79. The van der Waals surface area contributed by atoms with Crippen LogP contribution in [0.2, 0.25) is 0 Å². The highest BCUT2D eigenvalue weighted by molar-refractivity contribution is 7.10. The molecule has 1 aliphatic carbocycles. The van der Waals surface area contributed by atoms with Gasteiger partial charge in [0.05, 0.1) is 0 Å². The van der Waals surface area contributed by atoms with Crippen molar-refractivity contribution in [3.63, 3.8) is 0 Å². The van der Waals surface area contributed by atoms with E-state index in [1.807, 2.05) is 11.3 Å². The molecule has 1 heterocycles. The Kier molecular flexibility index (Phi) is 4.42.